The lowest BCUT2D eigenvalue weighted by Crippen LogP contribution is -2.60. The fourth-order valence-electron chi connectivity index (χ4n) is 6.53. The van der Waals surface area contributed by atoms with Crippen molar-refractivity contribution < 1.29 is 4.74 Å². The van der Waals surface area contributed by atoms with Gasteiger partial charge in [-0.3, -0.25) is 0 Å². The summed E-state index contributed by atoms with van der Waals surface area (Å²) >= 11 is 0. The SMILES string of the molecule is Cc1cc(N(c2ccccc2)c2ccccc2)cc2c1B1c3ccccc3N(c3ccccc3)c3cccc(c31)O2. The first-order chi connectivity index (χ1) is 20.3. The topological polar surface area (TPSA) is 15.7 Å². The van der Waals surface area contributed by atoms with Gasteiger partial charge in [-0.1, -0.05) is 84.4 Å². The van der Waals surface area contributed by atoms with Gasteiger partial charge in [0.2, 0.25) is 0 Å². The number of hydrogen-bond donors (Lipinski definition) is 0. The number of anilines is 6. The van der Waals surface area contributed by atoms with Crippen molar-refractivity contribution in [2.24, 2.45) is 0 Å². The maximum Gasteiger partial charge on any atom is 0.256 e. The molecule has 0 saturated heterocycles. The number of nitrogens with zero attached hydrogens (tertiary/aromatic N) is 2. The molecule has 6 aromatic carbocycles. The lowest BCUT2D eigenvalue weighted by molar-refractivity contribution is 0.487. The summed E-state index contributed by atoms with van der Waals surface area (Å²) in [4.78, 5) is 4.67. The van der Waals surface area contributed by atoms with E-state index in [1.54, 1.807) is 0 Å². The van der Waals surface area contributed by atoms with Crippen LogP contribution in [0.4, 0.5) is 34.1 Å². The summed E-state index contributed by atoms with van der Waals surface area (Å²) in [6.45, 7) is 2.30. The Bertz CT molecular complexity index is 1850. The lowest BCUT2D eigenvalue weighted by atomic mass is 9.33. The molecule has 2 heterocycles. The maximum absolute atomic E-state index is 6.81. The van der Waals surface area contributed by atoms with Gasteiger partial charge in [-0.25, -0.2) is 0 Å². The Morgan fingerprint density at radius 3 is 1.85 bits per heavy atom. The van der Waals surface area contributed by atoms with Crippen molar-refractivity contribution in [1.82, 2.24) is 0 Å². The summed E-state index contributed by atoms with van der Waals surface area (Å²) in [7, 11) is 0. The molecule has 2 aliphatic heterocycles. The van der Waals surface area contributed by atoms with E-state index in [1.807, 2.05) is 0 Å². The van der Waals surface area contributed by atoms with E-state index in [9.17, 15) is 0 Å². The predicted octanol–water partition coefficient (Wildman–Crippen LogP) is 7.87. The molecule has 0 unspecified atom stereocenters. The summed E-state index contributed by atoms with van der Waals surface area (Å²) in [6.07, 6.45) is 0. The van der Waals surface area contributed by atoms with Crippen molar-refractivity contribution in [3.05, 3.63) is 151 Å². The molecule has 0 spiro atoms. The molecule has 8 rings (SSSR count). The van der Waals surface area contributed by atoms with E-state index < -0.39 is 0 Å². The zero-order valence-corrected chi connectivity index (χ0v) is 22.7. The minimum atomic E-state index is 0.0806. The van der Waals surface area contributed by atoms with Crippen LogP contribution in [0.15, 0.2) is 146 Å². The highest BCUT2D eigenvalue weighted by Gasteiger charge is 2.42. The van der Waals surface area contributed by atoms with Gasteiger partial charge >= 0.3 is 0 Å². The Morgan fingerprint density at radius 1 is 0.537 bits per heavy atom. The van der Waals surface area contributed by atoms with Gasteiger partial charge in [0, 0.05) is 34.5 Å². The molecule has 0 N–H and O–H groups in total. The molecule has 6 aromatic rings. The summed E-state index contributed by atoms with van der Waals surface area (Å²) in [5.41, 5.74) is 11.8. The second-order valence-electron chi connectivity index (χ2n) is 10.6. The first kappa shape index (κ1) is 23.7. The molecule has 0 amide bonds. The van der Waals surface area contributed by atoms with Gasteiger partial charge in [-0.15, -0.1) is 0 Å². The van der Waals surface area contributed by atoms with E-state index in [0.29, 0.717) is 0 Å². The van der Waals surface area contributed by atoms with Crippen molar-refractivity contribution in [2.75, 3.05) is 9.80 Å². The summed E-state index contributed by atoms with van der Waals surface area (Å²) < 4.78 is 6.81. The quantitative estimate of drug-likeness (QED) is 0.217. The number of benzene rings is 6. The summed E-state index contributed by atoms with van der Waals surface area (Å²) in [5, 5.41) is 0. The molecule has 0 radical (unpaired) electrons. The Labute approximate surface area is 241 Å². The molecule has 194 valence electrons. The number of ether oxygens (including phenoxy) is 1. The van der Waals surface area contributed by atoms with E-state index in [2.05, 4.69) is 162 Å². The van der Waals surface area contributed by atoms with Crippen LogP contribution in [0, 0.1) is 6.92 Å². The summed E-state index contributed by atoms with van der Waals surface area (Å²) in [6, 6.07) is 51.4. The van der Waals surface area contributed by atoms with Gasteiger partial charge in [-0.2, -0.15) is 0 Å². The molecule has 0 aliphatic carbocycles. The lowest BCUT2D eigenvalue weighted by Gasteiger charge is -2.40. The van der Waals surface area contributed by atoms with E-state index in [-0.39, 0.29) is 6.71 Å². The fraction of sp³-hybridized carbons (Fsp3) is 0.0270. The van der Waals surface area contributed by atoms with Gasteiger partial charge in [0.05, 0.1) is 5.69 Å². The number of aryl methyl sites for hydroxylation is 1. The average molecular weight is 526 g/mol. The van der Waals surface area contributed by atoms with Crippen LogP contribution >= 0.6 is 0 Å². The molecule has 4 heteroatoms. The van der Waals surface area contributed by atoms with Crippen LogP contribution in [0.25, 0.3) is 0 Å². The van der Waals surface area contributed by atoms with Gasteiger partial charge in [-0.05, 0) is 84.0 Å². The highest BCUT2D eigenvalue weighted by atomic mass is 16.5. The van der Waals surface area contributed by atoms with Crippen LogP contribution in [0.1, 0.15) is 5.56 Å². The molecule has 0 fully saturated rings. The maximum atomic E-state index is 6.81. The van der Waals surface area contributed by atoms with Crippen molar-refractivity contribution in [3.63, 3.8) is 0 Å². The standard InChI is InChI=1S/C37H27BN2O/c1-26-24-30(39(27-14-5-2-6-15-27)28-16-7-3-8-17-28)25-35-36(26)38-31-20-11-12-21-32(31)40(29-18-9-4-10-19-29)33-22-13-23-34(41-35)37(33)38/h2-25H,1H3. The normalized spacial score (nSPS) is 12.6. The fourth-order valence-corrected chi connectivity index (χ4v) is 6.53. The smallest absolute Gasteiger partial charge is 0.256 e. The van der Waals surface area contributed by atoms with Crippen LogP contribution < -0.4 is 30.9 Å². The molecule has 0 bridgehead atoms. The average Bonchev–Trinajstić information content (AvgIpc) is 3.02. The second-order valence-corrected chi connectivity index (χ2v) is 10.6. The van der Waals surface area contributed by atoms with Crippen LogP contribution in [-0.2, 0) is 0 Å². The van der Waals surface area contributed by atoms with Gasteiger partial charge in [0.15, 0.2) is 0 Å². The molecule has 0 atom stereocenters. The van der Waals surface area contributed by atoms with Crippen LogP contribution in [0.2, 0.25) is 0 Å². The van der Waals surface area contributed by atoms with Gasteiger partial charge in [0.25, 0.3) is 6.71 Å². The molecule has 0 aromatic heterocycles. The minimum Gasteiger partial charge on any atom is -0.458 e. The number of rotatable bonds is 4. The zero-order valence-electron chi connectivity index (χ0n) is 22.7. The number of para-hydroxylation sites is 4. The van der Waals surface area contributed by atoms with Crippen LogP contribution in [-0.4, -0.2) is 6.71 Å². The highest BCUT2D eigenvalue weighted by molar-refractivity contribution is 6.99. The Morgan fingerprint density at radius 2 is 1.15 bits per heavy atom. The molecule has 3 nitrogen and oxygen atoms in total. The van der Waals surface area contributed by atoms with E-state index in [1.165, 1.54) is 33.3 Å². The molecular weight excluding hydrogens is 499 g/mol. The predicted molar refractivity (Wildman–Crippen MR) is 172 cm³/mol. The molecular formula is C37H27BN2O. The largest absolute Gasteiger partial charge is 0.458 e. The second kappa shape index (κ2) is 9.46. The van der Waals surface area contributed by atoms with Crippen LogP contribution in [0.3, 0.4) is 0 Å². The van der Waals surface area contributed by atoms with Crippen molar-refractivity contribution in [2.45, 2.75) is 6.92 Å². The number of fused-ring (bicyclic) bond motifs is 4. The number of hydrogen-bond acceptors (Lipinski definition) is 3. The van der Waals surface area contributed by atoms with Crippen molar-refractivity contribution in [3.8, 4) is 11.5 Å². The third-order valence-corrected chi connectivity index (χ3v) is 8.20. The summed E-state index contributed by atoms with van der Waals surface area (Å²) in [5.74, 6) is 1.83. The molecule has 0 saturated carbocycles. The first-order valence-corrected chi connectivity index (χ1v) is 14.1. The molecule has 41 heavy (non-hydrogen) atoms. The third-order valence-electron chi connectivity index (χ3n) is 8.20. The van der Waals surface area contributed by atoms with E-state index in [0.717, 1.165) is 34.2 Å². The van der Waals surface area contributed by atoms with E-state index in [4.69, 9.17) is 4.74 Å². The van der Waals surface area contributed by atoms with Gasteiger partial charge in [0.1, 0.15) is 11.5 Å². The third kappa shape index (κ3) is 3.75. The Balaban J connectivity index is 1.34. The Hall–Kier alpha value is -5.22. The monoisotopic (exact) mass is 526 g/mol. The Kier molecular flexibility index (Phi) is 5.46. The van der Waals surface area contributed by atoms with Crippen molar-refractivity contribution >= 4 is 57.2 Å². The zero-order chi connectivity index (χ0) is 27.3. The van der Waals surface area contributed by atoms with Crippen LogP contribution in [0.5, 0.6) is 11.5 Å². The van der Waals surface area contributed by atoms with Crippen molar-refractivity contribution in [1.29, 1.82) is 0 Å². The van der Waals surface area contributed by atoms with E-state index >= 15 is 0 Å². The molecule has 2 aliphatic rings. The van der Waals surface area contributed by atoms with Gasteiger partial charge < -0.3 is 14.5 Å². The first-order valence-electron chi connectivity index (χ1n) is 14.1. The minimum absolute atomic E-state index is 0.0806. The highest BCUT2D eigenvalue weighted by Crippen LogP contribution is 2.42.